The summed E-state index contributed by atoms with van der Waals surface area (Å²) in [5, 5.41) is 10.1. The van der Waals surface area contributed by atoms with E-state index < -0.39 is 14.0 Å². The summed E-state index contributed by atoms with van der Waals surface area (Å²) in [6.45, 7) is 9.42. The normalized spacial score (nSPS) is 11.8. The van der Waals surface area contributed by atoms with Gasteiger partial charge in [0.2, 0.25) is 5.91 Å². The van der Waals surface area contributed by atoms with Crippen LogP contribution in [0.1, 0.15) is 40.9 Å². The van der Waals surface area contributed by atoms with Crippen molar-refractivity contribution in [3.8, 4) is 0 Å². The average molecular weight is 297 g/mol. The molecule has 0 saturated carbocycles. The Bertz CT molecular complexity index is 536. The molecule has 3 N–H and O–H groups in total. The van der Waals surface area contributed by atoms with Gasteiger partial charge in [0, 0.05) is 5.56 Å². The zero-order valence-electron chi connectivity index (χ0n) is 12.9. The van der Waals surface area contributed by atoms with E-state index in [0.29, 0.717) is 29.2 Å². The molecule has 3 nitrogen and oxygen atoms in total. The van der Waals surface area contributed by atoms with Crippen LogP contribution in [-0.2, 0) is 19.4 Å². The monoisotopic (exact) mass is 297 g/mol. The van der Waals surface area contributed by atoms with Crippen LogP contribution in [0.5, 0.6) is 0 Å². The summed E-state index contributed by atoms with van der Waals surface area (Å²) in [6.07, 6.45) is 1.11. The SMILES string of the molecule is CCc1c(F)c([Si](C)(C)C)c(C(N)=O)c(CO)c1CC. The smallest absolute Gasteiger partial charge is 0.249 e. The number of rotatable bonds is 5. The van der Waals surface area contributed by atoms with Gasteiger partial charge in [0.25, 0.3) is 0 Å². The molecule has 0 aliphatic heterocycles. The molecule has 0 radical (unpaired) electrons. The standard InChI is InChI=1S/C15H24FNO2Si/c1-6-9-10(7-2)13(16)14(20(3,4)5)12(15(17)19)11(9)8-18/h18H,6-8H2,1-5H3,(H2,17,19). The van der Waals surface area contributed by atoms with Crippen LogP contribution in [0.25, 0.3) is 0 Å². The van der Waals surface area contributed by atoms with Crippen molar-refractivity contribution < 1.29 is 14.3 Å². The number of aliphatic hydroxyl groups excluding tert-OH is 1. The third kappa shape index (κ3) is 2.78. The second-order valence-corrected chi connectivity index (χ2v) is 11.0. The molecular formula is C15H24FNO2Si. The largest absolute Gasteiger partial charge is 0.392 e. The van der Waals surface area contributed by atoms with Crippen molar-refractivity contribution >= 4 is 19.2 Å². The molecule has 1 aromatic carbocycles. The Balaban J connectivity index is 3.97. The lowest BCUT2D eigenvalue weighted by Crippen LogP contribution is -2.46. The summed E-state index contributed by atoms with van der Waals surface area (Å²) in [7, 11) is -2.10. The Morgan fingerprint density at radius 3 is 1.95 bits per heavy atom. The third-order valence-electron chi connectivity index (χ3n) is 3.63. The van der Waals surface area contributed by atoms with Crippen molar-refractivity contribution in [2.45, 2.75) is 52.9 Å². The van der Waals surface area contributed by atoms with Crippen LogP contribution in [0.15, 0.2) is 0 Å². The fourth-order valence-corrected chi connectivity index (χ4v) is 4.66. The number of hydrogen-bond donors (Lipinski definition) is 2. The molecule has 0 atom stereocenters. The first kappa shape index (κ1) is 16.9. The second-order valence-electron chi connectivity index (χ2n) is 5.98. The van der Waals surface area contributed by atoms with Crippen molar-refractivity contribution in [3.05, 3.63) is 28.1 Å². The van der Waals surface area contributed by atoms with Crippen LogP contribution in [0.4, 0.5) is 4.39 Å². The van der Waals surface area contributed by atoms with E-state index in [1.165, 1.54) is 0 Å². The van der Waals surface area contributed by atoms with Gasteiger partial charge < -0.3 is 10.8 Å². The van der Waals surface area contributed by atoms with Crippen LogP contribution in [0.3, 0.4) is 0 Å². The van der Waals surface area contributed by atoms with Gasteiger partial charge in [0.05, 0.1) is 14.7 Å². The highest BCUT2D eigenvalue weighted by Crippen LogP contribution is 2.25. The van der Waals surface area contributed by atoms with E-state index in [2.05, 4.69) is 0 Å². The second kappa shape index (κ2) is 6.05. The molecule has 0 aliphatic carbocycles. The Kier molecular flexibility index (Phi) is 5.10. The van der Waals surface area contributed by atoms with E-state index in [1.807, 2.05) is 33.5 Å². The summed E-state index contributed by atoms with van der Waals surface area (Å²) in [5.74, 6) is -0.947. The molecule has 0 aromatic heterocycles. The van der Waals surface area contributed by atoms with Crippen LogP contribution in [-0.4, -0.2) is 19.1 Å². The number of benzene rings is 1. The maximum atomic E-state index is 14.9. The van der Waals surface area contributed by atoms with Gasteiger partial charge in [-0.25, -0.2) is 4.39 Å². The van der Waals surface area contributed by atoms with Gasteiger partial charge in [-0.3, -0.25) is 4.79 Å². The molecule has 1 aromatic rings. The molecule has 0 spiro atoms. The highest BCUT2D eigenvalue weighted by atomic mass is 28.3. The van der Waals surface area contributed by atoms with Gasteiger partial charge in [-0.2, -0.15) is 0 Å². The van der Waals surface area contributed by atoms with E-state index >= 15 is 0 Å². The first-order valence-corrected chi connectivity index (χ1v) is 10.5. The highest BCUT2D eigenvalue weighted by molar-refractivity contribution is 6.89. The van der Waals surface area contributed by atoms with Crippen LogP contribution < -0.4 is 10.9 Å². The van der Waals surface area contributed by atoms with E-state index in [1.54, 1.807) is 0 Å². The summed E-state index contributed by atoms with van der Waals surface area (Å²) in [4.78, 5) is 11.8. The molecule has 0 bridgehead atoms. The van der Waals surface area contributed by atoms with E-state index in [9.17, 15) is 14.3 Å². The maximum Gasteiger partial charge on any atom is 0.249 e. The van der Waals surface area contributed by atoms with Gasteiger partial charge in [0.15, 0.2) is 0 Å². The van der Waals surface area contributed by atoms with Gasteiger partial charge in [-0.15, -0.1) is 0 Å². The molecule has 0 saturated heterocycles. The first-order valence-electron chi connectivity index (χ1n) is 6.97. The lowest BCUT2D eigenvalue weighted by atomic mass is 9.92. The highest BCUT2D eigenvalue weighted by Gasteiger charge is 2.32. The molecule has 1 amide bonds. The quantitative estimate of drug-likeness (QED) is 0.817. The lowest BCUT2D eigenvalue weighted by molar-refractivity contribution is 0.0997. The van der Waals surface area contributed by atoms with Gasteiger partial charge >= 0.3 is 0 Å². The molecule has 5 heteroatoms. The summed E-state index contributed by atoms with van der Waals surface area (Å²) in [5.41, 5.74) is 7.53. The fourth-order valence-electron chi connectivity index (χ4n) is 2.82. The molecule has 1 rings (SSSR count). The van der Waals surface area contributed by atoms with Crippen molar-refractivity contribution in [1.29, 1.82) is 0 Å². The van der Waals surface area contributed by atoms with Crippen molar-refractivity contribution in [3.63, 3.8) is 0 Å². The van der Waals surface area contributed by atoms with Crippen molar-refractivity contribution in [2.24, 2.45) is 5.73 Å². The third-order valence-corrected chi connectivity index (χ3v) is 5.60. The number of nitrogens with two attached hydrogens (primary N) is 1. The topological polar surface area (TPSA) is 63.3 Å². The summed E-state index contributed by atoms with van der Waals surface area (Å²) < 4.78 is 14.9. The minimum atomic E-state index is -2.10. The molecule has 20 heavy (non-hydrogen) atoms. The molecule has 0 fully saturated rings. The number of halogens is 1. The Labute approximate surface area is 121 Å². The number of carbonyl (C=O) groups excluding carboxylic acids is 1. The molecule has 112 valence electrons. The Hall–Kier alpha value is -1.20. The van der Waals surface area contributed by atoms with Crippen molar-refractivity contribution in [2.75, 3.05) is 0 Å². The molecule has 0 unspecified atom stereocenters. The fraction of sp³-hybridized carbons (Fsp3) is 0.533. The molecular weight excluding hydrogens is 273 g/mol. The van der Waals surface area contributed by atoms with E-state index in [0.717, 1.165) is 5.56 Å². The number of hydrogen-bond acceptors (Lipinski definition) is 2. The predicted octanol–water partition coefficient (Wildman–Crippen LogP) is 2.09. The van der Waals surface area contributed by atoms with E-state index in [-0.39, 0.29) is 18.0 Å². The van der Waals surface area contributed by atoms with E-state index in [4.69, 9.17) is 5.73 Å². The molecule has 0 aliphatic rings. The van der Waals surface area contributed by atoms with Crippen LogP contribution in [0.2, 0.25) is 19.6 Å². The first-order chi connectivity index (χ1) is 9.20. The van der Waals surface area contributed by atoms with Crippen molar-refractivity contribution in [1.82, 2.24) is 0 Å². The van der Waals surface area contributed by atoms with Gasteiger partial charge in [0.1, 0.15) is 5.82 Å². The zero-order chi connectivity index (χ0) is 15.7. The Morgan fingerprint density at radius 2 is 1.65 bits per heavy atom. The minimum absolute atomic E-state index is 0.207. The number of aliphatic hydroxyl groups is 1. The maximum absolute atomic E-state index is 14.9. The average Bonchev–Trinajstić information content (AvgIpc) is 2.34. The lowest BCUT2D eigenvalue weighted by Gasteiger charge is -2.26. The van der Waals surface area contributed by atoms with Crippen LogP contribution >= 0.6 is 0 Å². The van der Waals surface area contributed by atoms with Gasteiger partial charge in [-0.1, -0.05) is 33.5 Å². The van der Waals surface area contributed by atoms with Crippen LogP contribution in [0, 0.1) is 5.82 Å². The summed E-state index contributed by atoms with van der Waals surface area (Å²) >= 11 is 0. The number of carbonyl (C=O) groups is 1. The number of primary amides is 1. The molecule has 0 heterocycles. The minimum Gasteiger partial charge on any atom is -0.392 e. The summed E-state index contributed by atoms with van der Waals surface area (Å²) in [6, 6.07) is 0. The zero-order valence-corrected chi connectivity index (χ0v) is 13.9. The van der Waals surface area contributed by atoms with Gasteiger partial charge in [-0.05, 0) is 34.7 Å². The Morgan fingerprint density at radius 1 is 1.15 bits per heavy atom. The predicted molar refractivity (Wildman–Crippen MR) is 82.6 cm³/mol. The number of amides is 1.